The molecule has 5 nitrogen and oxygen atoms in total. The molecule has 1 aromatic carbocycles. The van der Waals surface area contributed by atoms with E-state index < -0.39 is 0 Å². The van der Waals surface area contributed by atoms with Crippen molar-refractivity contribution in [1.29, 1.82) is 0 Å². The predicted octanol–water partition coefficient (Wildman–Crippen LogP) is 3.97. The molecule has 0 atom stereocenters. The van der Waals surface area contributed by atoms with Crippen molar-refractivity contribution >= 4 is 5.69 Å². The molecule has 0 saturated carbocycles. The third-order valence-electron chi connectivity index (χ3n) is 5.05. The molecule has 0 aliphatic heterocycles. The predicted molar refractivity (Wildman–Crippen MR) is 117 cm³/mol. The lowest BCUT2D eigenvalue weighted by Crippen LogP contribution is -2.40. The molecule has 0 amide bonds. The molecular formula is C22H41N3O2. The first-order valence-electron chi connectivity index (χ1n) is 10.7. The van der Waals surface area contributed by atoms with E-state index in [1.807, 2.05) is 19.9 Å². The first-order valence-corrected chi connectivity index (χ1v) is 10.7. The first kappa shape index (κ1) is 23.6. The van der Waals surface area contributed by atoms with Gasteiger partial charge in [-0.15, -0.1) is 0 Å². The van der Waals surface area contributed by atoms with Crippen molar-refractivity contribution in [2.24, 2.45) is 0 Å². The van der Waals surface area contributed by atoms with E-state index in [0.717, 1.165) is 63.9 Å². The molecule has 0 fully saturated rings. The Balaban J connectivity index is 2.98. The fourth-order valence-electron chi connectivity index (χ4n) is 3.21. The second-order valence-corrected chi connectivity index (χ2v) is 6.54. The minimum absolute atomic E-state index is 0.641. The number of hydrogen-bond acceptors (Lipinski definition) is 5. The van der Waals surface area contributed by atoms with Gasteiger partial charge in [-0.2, -0.15) is 0 Å². The molecule has 0 radical (unpaired) electrons. The highest BCUT2D eigenvalue weighted by atomic mass is 16.5. The topological polar surface area (TPSA) is 28.2 Å². The average Bonchev–Trinajstić information content (AvgIpc) is 2.69. The Hall–Kier alpha value is -1.46. The second kappa shape index (κ2) is 13.7. The van der Waals surface area contributed by atoms with E-state index in [2.05, 4.69) is 54.5 Å². The number of nitrogens with zero attached hydrogens (tertiary/aromatic N) is 3. The summed E-state index contributed by atoms with van der Waals surface area (Å²) >= 11 is 0. The molecule has 0 unspecified atom stereocenters. The molecule has 1 aromatic rings. The standard InChI is InChI=1S/C22H41N3O2/c1-7-23(8-2)15-17-25(18-16-24(9-3)10-4)20-13-14-21(26-11-5)22(19-20)27-12-6/h13-14,19H,7-12,15-18H2,1-6H3. The third-order valence-corrected chi connectivity index (χ3v) is 5.05. The van der Waals surface area contributed by atoms with E-state index in [1.54, 1.807) is 0 Å². The molecule has 0 N–H and O–H groups in total. The molecule has 27 heavy (non-hydrogen) atoms. The van der Waals surface area contributed by atoms with Gasteiger partial charge in [0.1, 0.15) is 0 Å². The Morgan fingerprint density at radius 2 is 1.11 bits per heavy atom. The van der Waals surface area contributed by atoms with Gasteiger partial charge in [-0.25, -0.2) is 0 Å². The lowest BCUT2D eigenvalue weighted by Gasteiger charge is -2.31. The Bertz CT molecular complexity index is 486. The molecule has 0 aliphatic rings. The fraction of sp³-hybridized carbons (Fsp3) is 0.727. The maximum atomic E-state index is 5.84. The summed E-state index contributed by atoms with van der Waals surface area (Å²) in [6.07, 6.45) is 0. The van der Waals surface area contributed by atoms with E-state index in [4.69, 9.17) is 9.47 Å². The van der Waals surface area contributed by atoms with Crippen molar-refractivity contribution in [2.45, 2.75) is 41.5 Å². The first-order chi connectivity index (χ1) is 13.1. The van der Waals surface area contributed by atoms with Gasteiger partial charge in [0.2, 0.25) is 0 Å². The van der Waals surface area contributed by atoms with Crippen LogP contribution < -0.4 is 14.4 Å². The van der Waals surface area contributed by atoms with Gasteiger partial charge in [-0.3, -0.25) is 0 Å². The number of hydrogen-bond donors (Lipinski definition) is 0. The average molecular weight is 380 g/mol. The van der Waals surface area contributed by atoms with E-state index in [9.17, 15) is 0 Å². The third kappa shape index (κ3) is 7.97. The normalized spacial score (nSPS) is 11.3. The molecule has 0 aromatic heterocycles. The van der Waals surface area contributed by atoms with Crippen LogP contribution in [0.25, 0.3) is 0 Å². The smallest absolute Gasteiger partial charge is 0.163 e. The van der Waals surface area contributed by atoms with Crippen LogP contribution in [0.15, 0.2) is 18.2 Å². The van der Waals surface area contributed by atoms with Crippen LogP contribution in [0.1, 0.15) is 41.5 Å². The number of anilines is 1. The number of likely N-dealkylation sites (N-methyl/N-ethyl adjacent to an activating group) is 2. The number of rotatable bonds is 15. The fourth-order valence-corrected chi connectivity index (χ4v) is 3.21. The summed E-state index contributed by atoms with van der Waals surface area (Å²) in [6, 6.07) is 6.35. The molecule has 0 saturated heterocycles. The monoisotopic (exact) mass is 379 g/mol. The van der Waals surface area contributed by atoms with Crippen LogP contribution >= 0.6 is 0 Å². The van der Waals surface area contributed by atoms with Gasteiger partial charge in [0.15, 0.2) is 11.5 Å². The zero-order valence-corrected chi connectivity index (χ0v) is 18.5. The second-order valence-electron chi connectivity index (χ2n) is 6.54. The van der Waals surface area contributed by atoms with Crippen molar-refractivity contribution in [1.82, 2.24) is 9.80 Å². The van der Waals surface area contributed by atoms with E-state index >= 15 is 0 Å². The van der Waals surface area contributed by atoms with Crippen molar-refractivity contribution in [3.63, 3.8) is 0 Å². The highest BCUT2D eigenvalue weighted by molar-refractivity contribution is 5.56. The number of benzene rings is 1. The lowest BCUT2D eigenvalue weighted by molar-refractivity contribution is 0.286. The Morgan fingerprint density at radius 1 is 0.630 bits per heavy atom. The summed E-state index contributed by atoms with van der Waals surface area (Å²) in [5.41, 5.74) is 1.21. The van der Waals surface area contributed by atoms with Crippen molar-refractivity contribution in [2.75, 3.05) is 70.5 Å². The highest BCUT2D eigenvalue weighted by Crippen LogP contribution is 2.32. The molecule has 0 spiro atoms. The molecular weight excluding hydrogens is 338 g/mol. The van der Waals surface area contributed by atoms with E-state index in [-0.39, 0.29) is 0 Å². The van der Waals surface area contributed by atoms with Gasteiger partial charge < -0.3 is 24.2 Å². The minimum Gasteiger partial charge on any atom is -0.490 e. The van der Waals surface area contributed by atoms with Gasteiger partial charge in [0, 0.05) is 37.9 Å². The van der Waals surface area contributed by atoms with Gasteiger partial charge in [-0.05, 0) is 52.2 Å². The minimum atomic E-state index is 0.641. The highest BCUT2D eigenvalue weighted by Gasteiger charge is 2.14. The molecule has 5 heteroatoms. The van der Waals surface area contributed by atoms with E-state index in [1.165, 1.54) is 5.69 Å². The lowest BCUT2D eigenvalue weighted by atomic mass is 10.2. The van der Waals surface area contributed by atoms with Gasteiger partial charge in [0.05, 0.1) is 13.2 Å². The maximum absolute atomic E-state index is 5.84. The van der Waals surface area contributed by atoms with Crippen LogP contribution in [-0.2, 0) is 0 Å². The van der Waals surface area contributed by atoms with Crippen molar-refractivity contribution in [3.05, 3.63) is 18.2 Å². The van der Waals surface area contributed by atoms with Gasteiger partial charge in [0.25, 0.3) is 0 Å². The Morgan fingerprint density at radius 3 is 1.56 bits per heavy atom. The van der Waals surface area contributed by atoms with Crippen molar-refractivity contribution < 1.29 is 9.47 Å². The summed E-state index contributed by atoms with van der Waals surface area (Å²) in [5, 5.41) is 0. The van der Waals surface area contributed by atoms with Crippen LogP contribution in [0.4, 0.5) is 5.69 Å². The number of ether oxygens (including phenoxy) is 2. The van der Waals surface area contributed by atoms with E-state index in [0.29, 0.717) is 13.2 Å². The zero-order valence-electron chi connectivity index (χ0n) is 18.5. The molecule has 0 heterocycles. The maximum Gasteiger partial charge on any atom is 0.163 e. The van der Waals surface area contributed by atoms with Crippen LogP contribution in [0.3, 0.4) is 0 Å². The molecule has 1 rings (SSSR count). The quantitative estimate of drug-likeness (QED) is 0.460. The molecule has 0 bridgehead atoms. The Labute approximate surface area is 167 Å². The van der Waals surface area contributed by atoms with Crippen LogP contribution in [0, 0.1) is 0 Å². The van der Waals surface area contributed by atoms with Gasteiger partial charge >= 0.3 is 0 Å². The molecule has 0 aliphatic carbocycles. The summed E-state index contributed by atoms with van der Waals surface area (Å²) in [4.78, 5) is 7.43. The Kier molecular flexibility index (Phi) is 11.9. The van der Waals surface area contributed by atoms with Crippen LogP contribution in [0.2, 0.25) is 0 Å². The summed E-state index contributed by atoms with van der Waals surface area (Å²) in [5.74, 6) is 1.67. The van der Waals surface area contributed by atoms with Gasteiger partial charge in [-0.1, -0.05) is 27.7 Å². The summed E-state index contributed by atoms with van der Waals surface area (Å²) in [7, 11) is 0. The SMILES string of the molecule is CCOc1ccc(N(CCN(CC)CC)CCN(CC)CC)cc1OCC. The van der Waals surface area contributed by atoms with Crippen LogP contribution in [-0.4, -0.2) is 75.4 Å². The summed E-state index contributed by atoms with van der Waals surface area (Å²) < 4.78 is 11.6. The zero-order chi connectivity index (χ0) is 20.1. The largest absolute Gasteiger partial charge is 0.490 e. The molecule has 156 valence electrons. The summed E-state index contributed by atoms with van der Waals surface area (Å²) in [6.45, 7) is 22.8. The van der Waals surface area contributed by atoms with Crippen molar-refractivity contribution in [3.8, 4) is 11.5 Å². The van der Waals surface area contributed by atoms with Crippen LogP contribution in [0.5, 0.6) is 11.5 Å².